The van der Waals surface area contributed by atoms with Crippen molar-refractivity contribution < 1.29 is 33.1 Å². The van der Waals surface area contributed by atoms with Crippen molar-refractivity contribution in [2.45, 2.75) is 19.6 Å². The smallest absolute Gasteiger partial charge is 0.350 e. The lowest BCUT2D eigenvalue weighted by Gasteiger charge is -2.29. The van der Waals surface area contributed by atoms with Crippen molar-refractivity contribution in [3.05, 3.63) is 39.8 Å². The molecule has 0 aliphatic carbocycles. The number of nitro benzene ring substituents is 1. The minimum Gasteiger partial charge on any atom is -0.494 e. The Balaban J connectivity index is 2.31. The van der Waals surface area contributed by atoms with Crippen LogP contribution in [0.5, 0.6) is 5.75 Å². The Kier molecular flexibility index (Phi) is 4.40. The number of ether oxygens (including phenoxy) is 3. The SMILES string of the molecule is COc1cc([N+](=O)[O-])c(F)cc1NC=C1C(=O)OC(C)(C)OC1=O. The molecule has 24 heavy (non-hydrogen) atoms. The van der Waals surface area contributed by atoms with Crippen molar-refractivity contribution in [1.29, 1.82) is 0 Å². The summed E-state index contributed by atoms with van der Waals surface area (Å²) in [6, 6.07) is 1.67. The van der Waals surface area contributed by atoms with Crippen molar-refractivity contribution in [1.82, 2.24) is 0 Å². The minimum absolute atomic E-state index is 0.0291. The van der Waals surface area contributed by atoms with Crippen LogP contribution in [0.15, 0.2) is 23.9 Å². The van der Waals surface area contributed by atoms with Crippen LogP contribution >= 0.6 is 0 Å². The van der Waals surface area contributed by atoms with E-state index in [0.29, 0.717) is 0 Å². The number of halogens is 1. The van der Waals surface area contributed by atoms with Gasteiger partial charge in [-0.25, -0.2) is 9.59 Å². The van der Waals surface area contributed by atoms with Gasteiger partial charge < -0.3 is 19.5 Å². The number of carbonyl (C=O) groups is 2. The molecule has 0 unspecified atom stereocenters. The van der Waals surface area contributed by atoms with Gasteiger partial charge in [-0.2, -0.15) is 4.39 Å². The van der Waals surface area contributed by atoms with Gasteiger partial charge >= 0.3 is 17.6 Å². The van der Waals surface area contributed by atoms with Crippen LogP contribution in [0.3, 0.4) is 0 Å². The molecule has 1 aromatic rings. The summed E-state index contributed by atoms with van der Waals surface area (Å²) < 4.78 is 28.4. The lowest BCUT2D eigenvalue weighted by Crippen LogP contribution is -2.42. The molecule has 1 fully saturated rings. The van der Waals surface area contributed by atoms with Gasteiger partial charge in [0.15, 0.2) is 5.57 Å². The third kappa shape index (κ3) is 3.42. The summed E-state index contributed by atoms with van der Waals surface area (Å²) in [4.78, 5) is 33.4. The standard InChI is InChI=1S/C14H13FN2O7/c1-14(2)23-12(18)7(13(19)24-14)6-16-9-4-8(15)10(17(20)21)5-11(9)22-3/h4-6,16H,1-3H3. The Morgan fingerprint density at radius 1 is 1.29 bits per heavy atom. The molecule has 1 saturated heterocycles. The first-order chi connectivity index (χ1) is 11.1. The quantitative estimate of drug-likeness (QED) is 0.290. The van der Waals surface area contributed by atoms with Crippen LogP contribution in [0, 0.1) is 15.9 Å². The maximum atomic E-state index is 13.7. The van der Waals surface area contributed by atoms with Gasteiger partial charge in [-0.05, 0) is 0 Å². The van der Waals surface area contributed by atoms with Gasteiger partial charge in [0, 0.05) is 26.1 Å². The lowest BCUT2D eigenvalue weighted by molar-refractivity contribution is -0.387. The molecule has 10 heteroatoms. The first-order valence-corrected chi connectivity index (χ1v) is 6.60. The van der Waals surface area contributed by atoms with Crippen molar-refractivity contribution in [2.24, 2.45) is 0 Å². The monoisotopic (exact) mass is 340 g/mol. The molecule has 0 aromatic heterocycles. The predicted molar refractivity (Wildman–Crippen MR) is 77.6 cm³/mol. The van der Waals surface area contributed by atoms with Gasteiger partial charge in [-0.1, -0.05) is 0 Å². The lowest BCUT2D eigenvalue weighted by atomic mass is 10.2. The number of rotatable bonds is 4. The Morgan fingerprint density at radius 3 is 2.38 bits per heavy atom. The highest BCUT2D eigenvalue weighted by molar-refractivity contribution is 6.15. The highest BCUT2D eigenvalue weighted by Crippen LogP contribution is 2.32. The summed E-state index contributed by atoms with van der Waals surface area (Å²) in [6.07, 6.45) is 0.947. The third-order valence-electron chi connectivity index (χ3n) is 2.95. The second-order valence-electron chi connectivity index (χ2n) is 5.14. The molecule has 2 rings (SSSR count). The molecule has 0 atom stereocenters. The molecule has 0 bridgehead atoms. The van der Waals surface area contributed by atoms with Crippen LogP contribution in [-0.4, -0.2) is 29.8 Å². The molecule has 1 aliphatic rings. The number of nitrogens with one attached hydrogen (secondary N) is 1. The average Bonchev–Trinajstić information content (AvgIpc) is 2.44. The Morgan fingerprint density at radius 2 is 1.88 bits per heavy atom. The van der Waals surface area contributed by atoms with Crippen LogP contribution in [-0.2, 0) is 19.1 Å². The Labute approximate surface area is 135 Å². The number of nitro groups is 1. The predicted octanol–water partition coefficient (Wildman–Crippen LogP) is 1.87. The number of carbonyl (C=O) groups excluding carboxylic acids is 2. The van der Waals surface area contributed by atoms with E-state index in [4.69, 9.17) is 14.2 Å². The first-order valence-electron chi connectivity index (χ1n) is 6.60. The Hall–Kier alpha value is -3.17. The summed E-state index contributed by atoms with van der Waals surface area (Å²) in [6.45, 7) is 2.78. The highest BCUT2D eigenvalue weighted by atomic mass is 19.1. The molecule has 1 aliphatic heterocycles. The summed E-state index contributed by atoms with van der Waals surface area (Å²) in [7, 11) is 1.22. The third-order valence-corrected chi connectivity index (χ3v) is 2.95. The van der Waals surface area contributed by atoms with Gasteiger partial charge in [-0.3, -0.25) is 10.1 Å². The zero-order valence-corrected chi connectivity index (χ0v) is 12.9. The van der Waals surface area contributed by atoms with E-state index in [0.717, 1.165) is 18.3 Å². The van der Waals surface area contributed by atoms with E-state index in [1.54, 1.807) is 0 Å². The molecular weight excluding hydrogens is 327 g/mol. The topological polar surface area (TPSA) is 117 Å². The molecular formula is C14H13FN2O7. The zero-order valence-electron chi connectivity index (χ0n) is 12.9. The summed E-state index contributed by atoms with van der Waals surface area (Å²) >= 11 is 0. The summed E-state index contributed by atoms with van der Waals surface area (Å²) in [5.74, 6) is -4.41. The van der Waals surface area contributed by atoms with E-state index in [1.165, 1.54) is 21.0 Å². The van der Waals surface area contributed by atoms with E-state index >= 15 is 0 Å². The fourth-order valence-electron chi connectivity index (χ4n) is 1.89. The number of cyclic esters (lactones) is 2. The normalized spacial score (nSPS) is 16.1. The maximum absolute atomic E-state index is 13.7. The fourth-order valence-corrected chi connectivity index (χ4v) is 1.89. The van der Waals surface area contributed by atoms with Crippen LogP contribution in [0.1, 0.15) is 13.8 Å². The van der Waals surface area contributed by atoms with E-state index in [1.807, 2.05) is 0 Å². The molecule has 0 saturated carbocycles. The molecule has 1 N–H and O–H groups in total. The number of methoxy groups -OCH3 is 1. The fraction of sp³-hybridized carbons (Fsp3) is 0.286. The van der Waals surface area contributed by atoms with Crippen molar-refractivity contribution >= 4 is 23.3 Å². The number of nitrogens with zero attached hydrogens (tertiary/aromatic N) is 1. The number of hydrogen-bond acceptors (Lipinski definition) is 8. The molecule has 0 radical (unpaired) electrons. The molecule has 9 nitrogen and oxygen atoms in total. The maximum Gasteiger partial charge on any atom is 0.350 e. The number of esters is 2. The zero-order chi connectivity index (χ0) is 18.1. The largest absolute Gasteiger partial charge is 0.494 e. The number of hydrogen-bond donors (Lipinski definition) is 1. The van der Waals surface area contributed by atoms with E-state index in [2.05, 4.69) is 5.32 Å². The second kappa shape index (κ2) is 6.14. The van der Waals surface area contributed by atoms with Gasteiger partial charge in [0.05, 0.1) is 23.8 Å². The Bertz CT molecular complexity index is 736. The van der Waals surface area contributed by atoms with E-state index in [-0.39, 0.29) is 11.4 Å². The molecule has 128 valence electrons. The highest BCUT2D eigenvalue weighted by Gasteiger charge is 2.39. The van der Waals surface area contributed by atoms with Crippen molar-refractivity contribution in [3.63, 3.8) is 0 Å². The van der Waals surface area contributed by atoms with Crippen LogP contribution in [0.2, 0.25) is 0 Å². The number of benzene rings is 1. The second-order valence-corrected chi connectivity index (χ2v) is 5.14. The minimum atomic E-state index is -1.39. The van der Waals surface area contributed by atoms with Gasteiger partial charge in [-0.15, -0.1) is 0 Å². The van der Waals surface area contributed by atoms with E-state index in [9.17, 15) is 24.1 Å². The van der Waals surface area contributed by atoms with E-state index < -0.39 is 39.7 Å². The van der Waals surface area contributed by atoms with Crippen LogP contribution < -0.4 is 10.1 Å². The first kappa shape index (κ1) is 17.2. The van der Waals surface area contributed by atoms with Crippen LogP contribution in [0.25, 0.3) is 0 Å². The van der Waals surface area contributed by atoms with Gasteiger partial charge in [0.2, 0.25) is 5.82 Å². The van der Waals surface area contributed by atoms with Gasteiger partial charge in [0.1, 0.15) is 5.75 Å². The number of anilines is 1. The molecule has 0 amide bonds. The van der Waals surface area contributed by atoms with Gasteiger partial charge in [0.25, 0.3) is 5.79 Å². The molecule has 1 aromatic carbocycles. The molecule has 1 heterocycles. The van der Waals surface area contributed by atoms with Crippen molar-refractivity contribution in [3.8, 4) is 5.75 Å². The summed E-state index contributed by atoms with van der Waals surface area (Å²) in [5, 5.41) is 13.2. The van der Waals surface area contributed by atoms with Crippen molar-refractivity contribution in [2.75, 3.05) is 12.4 Å². The average molecular weight is 340 g/mol. The summed E-state index contributed by atoms with van der Waals surface area (Å²) in [5.41, 5.74) is -1.25. The van der Waals surface area contributed by atoms with Crippen LogP contribution in [0.4, 0.5) is 15.8 Å². The molecule has 0 spiro atoms.